The lowest BCUT2D eigenvalue weighted by molar-refractivity contribution is -0.137. The van der Waals surface area contributed by atoms with Crippen LogP contribution in [0.3, 0.4) is 0 Å². The Bertz CT molecular complexity index is 1600. The number of primary amides is 1. The van der Waals surface area contributed by atoms with Crippen molar-refractivity contribution >= 4 is 34.4 Å². The molecule has 2 amide bonds. The van der Waals surface area contributed by atoms with Crippen LogP contribution < -0.4 is 11.1 Å². The number of alkyl halides is 3. The molecule has 0 saturated heterocycles. The number of rotatable bonds is 5. The monoisotopic (exact) mass is 494 g/mol. The third kappa shape index (κ3) is 4.32. The zero-order chi connectivity index (χ0) is 26.2. The smallest absolute Gasteiger partial charge is 0.417 e. The fraction of sp³-hybridized carbons (Fsp3) is 0.0417. The number of carboxylic acid groups (broad SMARTS) is 1. The molecule has 12 heteroatoms. The van der Waals surface area contributed by atoms with Gasteiger partial charge in [0.2, 0.25) is 5.91 Å². The molecule has 0 radical (unpaired) electrons. The second-order valence-corrected chi connectivity index (χ2v) is 7.46. The van der Waals surface area contributed by atoms with E-state index in [1.807, 2.05) is 0 Å². The van der Waals surface area contributed by atoms with Gasteiger partial charge in [-0.2, -0.15) is 18.4 Å². The predicted octanol–water partition coefficient (Wildman–Crippen LogP) is 4.43. The normalized spacial score (nSPS) is 11.2. The molecular weight excluding hydrogens is 481 g/mol. The molecule has 180 valence electrons. The number of halogens is 3. The van der Waals surface area contributed by atoms with Gasteiger partial charge in [0.25, 0.3) is 5.91 Å². The summed E-state index contributed by atoms with van der Waals surface area (Å²) < 4.78 is 46.0. The molecule has 0 spiro atoms. The Hall–Kier alpha value is -5.18. The lowest BCUT2D eigenvalue weighted by Crippen LogP contribution is -2.16. The van der Waals surface area contributed by atoms with Gasteiger partial charge in [0.1, 0.15) is 0 Å². The largest absolute Gasteiger partial charge is 0.478 e. The van der Waals surface area contributed by atoms with Crippen molar-refractivity contribution < 1.29 is 37.2 Å². The fourth-order valence-corrected chi connectivity index (χ4v) is 3.62. The van der Waals surface area contributed by atoms with Gasteiger partial charge in [-0.15, -0.1) is 0 Å². The van der Waals surface area contributed by atoms with E-state index < -0.39 is 29.5 Å². The highest BCUT2D eigenvalue weighted by Gasteiger charge is 2.34. The minimum absolute atomic E-state index is 0.0456. The summed E-state index contributed by atoms with van der Waals surface area (Å²) in [5.41, 5.74) is 2.55. The van der Waals surface area contributed by atoms with E-state index in [4.69, 9.17) is 15.5 Å². The number of nitrogens with zero attached hydrogens (tertiary/aromatic N) is 2. The predicted molar refractivity (Wildman–Crippen MR) is 119 cm³/mol. The molecule has 1 heterocycles. The summed E-state index contributed by atoms with van der Waals surface area (Å²) in [4.78, 5) is 36.6. The first-order chi connectivity index (χ1) is 17.0. The number of hydrogen-bond donors (Lipinski definition) is 3. The van der Waals surface area contributed by atoms with Crippen LogP contribution in [0.4, 0.5) is 18.9 Å². The van der Waals surface area contributed by atoms with Crippen LogP contribution in [0.15, 0.2) is 59.1 Å². The van der Waals surface area contributed by atoms with Crippen LogP contribution in [0.2, 0.25) is 0 Å². The quantitative estimate of drug-likeness (QED) is 0.370. The van der Waals surface area contributed by atoms with Crippen molar-refractivity contribution in [2.75, 3.05) is 5.32 Å². The molecule has 0 unspecified atom stereocenters. The fourth-order valence-electron chi connectivity index (χ4n) is 3.62. The number of nitriles is 1. The zero-order valence-corrected chi connectivity index (χ0v) is 17.9. The summed E-state index contributed by atoms with van der Waals surface area (Å²) >= 11 is 0. The molecule has 0 atom stereocenters. The van der Waals surface area contributed by atoms with Crippen LogP contribution in [-0.4, -0.2) is 28.0 Å². The van der Waals surface area contributed by atoms with E-state index in [-0.39, 0.29) is 50.2 Å². The topological polar surface area (TPSA) is 159 Å². The van der Waals surface area contributed by atoms with Crippen molar-refractivity contribution in [2.45, 2.75) is 6.18 Å². The SMILES string of the molecule is N#Cc1ccc(NC(=O)c2noc3cc(C(N)=O)c(-c4ccccc4C(F)(F)F)cc23)c(C(=O)O)c1. The second kappa shape index (κ2) is 8.88. The highest BCUT2D eigenvalue weighted by Crippen LogP contribution is 2.39. The van der Waals surface area contributed by atoms with Crippen molar-refractivity contribution in [3.05, 3.63) is 82.5 Å². The molecule has 0 aliphatic carbocycles. The maximum Gasteiger partial charge on any atom is 0.417 e. The molecule has 4 N–H and O–H groups in total. The first kappa shape index (κ1) is 24.0. The minimum atomic E-state index is -4.75. The van der Waals surface area contributed by atoms with E-state index >= 15 is 0 Å². The average Bonchev–Trinajstić information content (AvgIpc) is 3.26. The third-order valence-corrected chi connectivity index (χ3v) is 5.24. The molecule has 0 saturated carbocycles. The number of benzene rings is 3. The number of carboxylic acids is 1. The third-order valence-electron chi connectivity index (χ3n) is 5.24. The summed E-state index contributed by atoms with van der Waals surface area (Å²) in [7, 11) is 0. The number of nitrogens with one attached hydrogen (secondary N) is 1. The van der Waals surface area contributed by atoms with Gasteiger partial charge in [0.15, 0.2) is 11.3 Å². The van der Waals surface area contributed by atoms with Gasteiger partial charge < -0.3 is 20.7 Å². The molecule has 0 fully saturated rings. The second-order valence-electron chi connectivity index (χ2n) is 7.46. The number of nitrogens with two attached hydrogens (primary N) is 1. The van der Waals surface area contributed by atoms with E-state index in [0.717, 1.165) is 30.3 Å². The Labute approximate surface area is 199 Å². The molecule has 0 aliphatic heterocycles. The number of fused-ring (bicyclic) bond motifs is 1. The van der Waals surface area contributed by atoms with Crippen molar-refractivity contribution in [1.82, 2.24) is 5.16 Å². The van der Waals surface area contributed by atoms with E-state index in [1.54, 1.807) is 6.07 Å². The van der Waals surface area contributed by atoms with Gasteiger partial charge in [-0.05, 0) is 47.5 Å². The van der Waals surface area contributed by atoms with E-state index in [2.05, 4.69) is 10.5 Å². The lowest BCUT2D eigenvalue weighted by atomic mass is 9.93. The number of anilines is 1. The molecule has 9 nitrogen and oxygen atoms in total. The van der Waals surface area contributed by atoms with E-state index in [9.17, 15) is 32.7 Å². The molecular formula is C24H13F3N4O5. The number of aromatic carboxylic acids is 1. The van der Waals surface area contributed by atoms with Crippen LogP contribution in [-0.2, 0) is 6.18 Å². The Morgan fingerprint density at radius 1 is 1.03 bits per heavy atom. The zero-order valence-electron chi connectivity index (χ0n) is 17.9. The van der Waals surface area contributed by atoms with Crippen LogP contribution in [0.25, 0.3) is 22.1 Å². The van der Waals surface area contributed by atoms with Gasteiger partial charge in [0.05, 0.1) is 39.4 Å². The summed E-state index contributed by atoms with van der Waals surface area (Å²) in [6, 6.07) is 12.1. The Kier molecular flexibility index (Phi) is 5.91. The highest BCUT2D eigenvalue weighted by atomic mass is 19.4. The molecule has 0 bridgehead atoms. The highest BCUT2D eigenvalue weighted by molar-refractivity contribution is 6.14. The van der Waals surface area contributed by atoms with Gasteiger partial charge in [-0.25, -0.2) is 4.79 Å². The molecule has 1 aromatic heterocycles. The number of amides is 2. The number of carbonyl (C=O) groups excluding carboxylic acids is 2. The van der Waals surface area contributed by atoms with Crippen LogP contribution in [0.1, 0.15) is 42.3 Å². The van der Waals surface area contributed by atoms with Gasteiger partial charge in [0, 0.05) is 0 Å². The maximum atomic E-state index is 13.6. The van der Waals surface area contributed by atoms with Crippen LogP contribution in [0, 0.1) is 11.3 Å². The van der Waals surface area contributed by atoms with Crippen molar-refractivity contribution in [1.29, 1.82) is 5.26 Å². The van der Waals surface area contributed by atoms with E-state index in [0.29, 0.717) is 0 Å². The molecule has 36 heavy (non-hydrogen) atoms. The number of aromatic nitrogens is 1. The van der Waals surface area contributed by atoms with Gasteiger partial charge >= 0.3 is 12.1 Å². The first-order valence-corrected chi connectivity index (χ1v) is 10.00. The first-order valence-electron chi connectivity index (χ1n) is 10.00. The lowest BCUT2D eigenvalue weighted by Gasteiger charge is -2.15. The van der Waals surface area contributed by atoms with Crippen molar-refractivity contribution in [3.63, 3.8) is 0 Å². The Balaban J connectivity index is 1.86. The van der Waals surface area contributed by atoms with Crippen LogP contribution in [0.5, 0.6) is 0 Å². The standard InChI is InChI=1S/C24H13F3N4O5/c25-24(26,27)17-4-2-1-3-12(17)13-8-16-19(9-14(13)21(29)32)36-31-20(16)22(33)30-18-6-5-11(10-28)7-15(18)23(34)35/h1-9H,(H2,29,32)(H,30,33)(H,34,35). The summed E-state index contributed by atoms with van der Waals surface area (Å²) in [5, 5.41) is 24.3. The molecule has 4 aromatic rings. The summed E-state index contributed by atoms with van der Waals surface area (Å²) in [6.45, 7) is 0. The van der Waals surface area contributed by atoms with Crippen LogP contribution >= 0.6 is 0 Å². The van der Waals surface area contributed by atoms with Gasteiger partial charge in [-0.1, -0.05) is 23.4 Å². The molecule has 4 rings (SSSR count). The molecule has 0 aliphatic rings. The Morgan fingerprint density at radius 3 is 2.39 bits per heavy atom. The van der Waals surface area contributed by atoms with E-state index in [1.165, 1.54) is 24.3 Å². The Morgan fingerprint density at radius 2 is 1.75 bits per heavy atom. The van der Waals surface area contributed by atoms with Gasteiger partial charge in [-0.3, -0.25) is 9.59 Å². The maximum absolute atomic E-state index is 13.6. The summed E-state index contributed by atoms with van der Waals surface area (Å²) in [6.07, 6.45) is -4.75. The number of carbonyl (C=O) groups is 3. The average molecular weight is 494 g/mol. The minimum Gasteiger partial charge on any atom is -0.478 e. The molecule has 3 aromatic carbocycles. The summed E-state index contributed by atoms with van der Waals surface area (Å²) in [5.74, 6) is -3.39. The number of hydrogen-bond acceptors (Lipinski definition) is 6. The van der Waals surface area contributed by atoms with Crippen molar-refractivity contribution in [2.24, 2.45) is 5.73 Å². The van der Waals surface area contributed by atoms with Crippen molar-refractivity contribution in [3.8, 4) is 17.2 Å².